The Bertz CT molecular complexity index is 2180. The fourth-order valence-corrected chi connectivity index (χ4v) is 7.08. The molecule has 5 nitrogen and oxygen atoms in total. The minimum absolute atomic E-state index is 0.125. The Morgan fingerprint density at radius 1 is 0.455 bits per heavy atom. The fourth-order valence-electron chi connectivity index (χ4n) is 7.08. The van der Waals surface area contributed by atoms with Crippen molar-refractivity contribution in [1.29, 1.82) is 0 Å². The predicted molar refractivity (Wildman–Crippen MR) is 179 cm³/mol. The highest BCUT2D eigenvalue weighted by Crippen LogP contribution is 2.54. The molecule has 0 N–H and O–H groups in total. The van der Waals surface area contributed by atoms with Crippen LogP contribution in [0.4, 0.5) is 34.1 Å². The van der Waals surface area contributed by atoms with Gasteiger partial charge < -0.3 is 14.5 Å². The van der Waals surface area contributed by atoms with Crippen molar-refractivity contribution in [2.45, 2.75) is 19.3 Å². The minimum atomic E-state index is -0.125. The zero-order chi connectivity index (χ0) is 29.4. The lowest BCUT2D eigenvalue weighted by Gasteiger charge is -2.42. The van der Waals surface area contributed by atoms with Crippen LogP contribution in [0.1, 0.15) is 25.0 Å². The van der Waals surface area contributed by atoms with Crippen LogP contribution in [0.2, 0.25) is 0 Å². The zero-order valence-electron chi connectivity index (χ0n) is 24.4. The molecule has 2 aliphatic rings. The molecule has 0 radical (unpaired) electrons. The number of fused-ring (bicyclic) bond motifs is 7. The van der Waals surface area contributed by atoms with Crippen molar-refractivity contribution >= 4 is 55.9 Å². The van der Waals surface area contributed by atoms with Crippen molar-refractivity contribution in [3.63, 3.8) is 0 Å². The van der Waals surface area contributed by atoms with Crippen molar-refractivity contribution in [2.75, 3.05) is 9.80 Å². The van der Waals surface area contributed by atoms with Gasteiger partial charge in [0.05, 0.1) is 45.2 Å². The van der Waals surface area contributed by atoms with Crippen LogP contribution < -0.4 is 14.5 Å². The molecular weight excluding hydrogens is 540 g/mol. The maximum Gasteiger partial charge on any atom is 0.151 e. The van der Waals surface area contributed by atoms with Gasteiger partial charge in [-0.05, 0) is 71.8 Å². The molecule has 0 saturated carbocycles. The van der Waals surface area contributed by atoms with Crippen LogP contribution in [0.25, 0.3) is 21.8 Å². The first kappa shape index (κ1) is 24.9. The third-order valence-electron chi connectivity index (χ3n) is 9.13. The summed E-state index contributed by atoms with van der Waals surface area (Å²) in [6, 6.07) is 42.4. The Kier molecular flexibility index (Phi) is 5.18. The molecule has 210 valence electrons. The molecule has 0 bridgehead atoms. The maximum atomic E-state index is 6.29. The molecule has 0 aliphatic carbocycles. The van der Waals surface area contributed by atoms with Gasteiger partial charge in [0.2, 0.25) is 0 Å². The van der Waals surface area contributed by atoms with E-state index in [0.717, 1.165) is 56.1 Å². The van der Waals surface area contributed by atoms with Gasteiger partial charge in [-0.2, -0.15) is 0 Å². The van der Waals surface area contributed by atoms with Crippen molar-refractivity contribution < 1.29 is 4.74 Å². The van der Waals surface area contributed by atoms with E-state index in [1.807, 2.05) is 48.8 Å². The normalized spacial score (nSPS) is 14.4. The highest BCUT2D eigenvalue weighted by atomic mass is 16.5. The third kappa shape index (κ3) is 3.41. The van der Waals surface area contributed by atoms with Crippen LogP contribution >= 0.6 is 0 Å². The van der Waals surface area contributed by atoms with Crippen molar-refractivity contribution in [3.8, 4) is 11.5 Å². The molecule has 0 spiro atoms. The summed E-state index contributed by atoms with van der Waals surface area (Å²) in [5.74, 6) is 1.64. The average molecular weight is 569 g/mol. The molecule has 9 rings (SSSR count). The van der Waals surface area contributed by atoms with Gasteiger partial charge in [-0.25, -0.2) is 0 Å². The van der Waals surface area contributed by atoms with Crippen molar-refractivity contribution in [3.05, 3.63) is 145 Å². The third-order valence-corrected chi connectivity index (χ3v) is 9.13. The smallest absolute Gasteiger partial charge is 0.151 e. The standard InChI is InChI=1S/C39H28N4O/c1-39(2)27-11-3-5-13-31(27)42(32-14-6-4-12-28(32)39)29-21-23-40-37-25(29)19-20-26-30(22-24-41-38(26)37)43-33-15-7-9-17-35(33)44-36-18-10-8-16-34(36)43/h3-24H,1-2H3. The van der Waals surface area contributed by atoms with Crippen LogP contribution in [0, 0.1) is 0 Å². The molecule has 0 unspecified atom stereocenters. The topological polar surface area (TPSA) is 41.5 Å². The van der Waals surface area contributed by atoms with Crippen molar-refractivity contribution in [1.82, 2.24) is 9.97 Å². The monoisotopic (exact) mass is 568 g/mol. The quantitative estimate of drug-likeness (QED) is 0.194. The Balaban J connectivity index is 1.29. The number of ether oxygens (including phenoxy) is 1. The largest absolute Gasteiger partial charge is 0.453 e. The van der Waals surface area contributed by atoms with Crippen LogP contribution in [0.3, 0.4) is 0 Å². The number of pyridine rings is 2. The lowest BCUT2D eigenvalue weighted by molar-refractivity contribution is 0.477. The Morgan fingerprint density at radius 2 is 0.864 bits per heavy atom. The summed E-state index contributed by atoms with van der Waals surface area (Å²) >= 11 is 0. The molecule has 0 amide bonds. The molecule has 4 heterocycles. The van der Waals surface area contributed by atoms with Gasteiger partial charge in [0.15, 0.2) is 11.5 Å². The Hall–Kier alpha value is -5.68. The molecule has 2 aliphatic heterocycles. The average Bonchev–Trinajstić information content (AvgIpc) is 3.07. The molecule has 2 aromatic heterocycles. The number of benzene rings is 5. The molecule has 0 atom stereocenters. The number of hydrogen-bond donors (Lipinski definition) is 0. The van der Waals surface area contributed by atoms with E-state index in [2.05, 4.69) is 109 Å². The minimum Gasteiger partial charge on any atom is -0.453 e. The number of rotatable bonds is 2. The van der Waals surface area contributed by atoms with Gasteiger partial charge in [-0.1, -0.05) is 74.5 Å². The second-order valence-electron chi connectivity index (χ2n) is 11.9. The van der Waals surface area contributed by atoms with Gasteiger partial charge in [-0.15, -0.1) is 0 Å². The van der Waals surface area contributed by atoms with E-state index in [1.54, 1.807) is 0 Å². The Morgan fingerprint density at radius 3 is 1.36 bits per heavy atom. The summed E-state index contributed by atoms with van der Waals surface area (Å²) in [7, 11) is 0. The summed E-state index contributed by atoms with van der Waals surface area (Å²) < 4.78 is 6.29. The first-order valence-electron chi connectivity index (χ1n) is 14.9. The van der Waals surface area contributed by atoms with Gasteiger partial charge in [0, 0.05) is 28.6 Å². The van der Waals surface area contributed by atoms with Gasteiger partial charge in [0.25, 0.3) is 0 Å². The summed E-state index contributed by atoms with van der Waals surface area (Å²) in [6.45, 7) is 4.63. The number of nitrogens with zero attached hydrogens (tertiary/aromatic N) is 4. The van der Waals surface area contributed by atoms with Crippen LogP contribution in [-0.4, -0.2) is 9.97 Å². The second kappa shape index (κ2) is 9.16. The summed E-state index contributed by atoms with van der Waals surface area (Å²) in [5, 5.41) is 2.08. The van der Waals surface area contributed by atoms with Gasteiger partial charge >= 0.3 is 0 Å². The molecule has 5 aromatic carbocycles. The van der Waals surface area contributed by atoms with Crippen LogP contribution in [-0.2, 0) is 5.41 Å². The molecule has 44 heavy (non-hydrogen) atoms. The zero-order valence-corrected chi connectivity index (χ0v) is 24.4. The summed E-state index contributed by atoms with van der Waals surface area (Å²) in [4.78, 5) is 14.5. The molecule has 7 aromatic rings. The first-order chi connectivity index (χ1) is 21.6. The predicted octanol–water partition coefficient (Wildman–Crippen LogP) is 10.5. The van der Waals surface area contributed by atoms with E-state index in [0.29, 0.717) is 0 Å². The van der Waals surface area contributed by atoms with E-state index in [1.165, 1.54) is 22.5 Å². The lowest BCUT2D eigenvalue weighted by Crippen LogP contribution is -2.30. The highest BCUT2D eigenvalue weighted by Gasteiger charge is 2.37. The lowest BCUT2D eigenvalue weighted by atomic mass is 9.73. The second-order valence-corrected chi connectivity index (χ2v) is 11.9. The highest BCUT2D eigenvalue weighted by molar-refractivity contribution is 6.13. The van der Waals surface area contributed by atoms with E-state index in [9.17, 15) is 0 Å². The van der Waals surface area contributed by atoms with Crippen molar-refractivity contribution in [2.24, 2.45) is 0 Å². The Labute approximate surface area is 255 Å². The fraction of sp³-hybridized carbons (Fsp3) is 0.0769. The first-order valence-corrected chi connectivity index (χ1v) is 14.9. The molecular formula is C39H28N4O. The molecule has 0 fully saturated rings. The van der Waals surface area contributed by atoms with Gasteiger partial charge in [-0.3, -0.25) is 9.97 Å². The van der Waals surface area contributed by atoms with Crippen LogP contribution in [0.5, 0.6) is 11.5 Å². The molecule has 0 saturated heterocycles. The summed E-state index contributed by atoms with van der Waals surface area (Å²) in [5.41, 5.74) is 10.7. The van der Waals surface area contributed by atoms with E-state index in [4.69, 9.17) is 14.7 Å². The SMILES string of the molecule is CC1(C)c2ccccc2N(c2ccnc3c2ccc2c(N4c5ccccc5Oc5ccccc54)ccnc23)c2ccccc21. The van der Waals surface area contributed by atoms with E-state index < -0.39 is 0 Å². The number of hydrogen-bond acceptors (Lipinski definition) is 5. The number of para-hydroxylation sites is 6. The van der Waals surface area contributed by atoms with E-state index >= 15 is 0 Å². The van der Waals surface area contributed by atoms with E-state index in [-0.39, 0.29) is 5.41 Å². The number of anilines is 6. The summed E-state index contributed by atoms with van der Waals surface area (Å²) in [6.07, 6.45) is 3.80. The maximum absolute atomic E-state index is 6.29. The number of aromatic nitrogens is 2. The van der Waals surface area contributed by atoms with Gasteiger partial charge in [0.1, 0.15) is 0 Å². The molecule has 5 heteroatoms. The van der Waals surface area contributed by atoms with Crippen LogP contribution in [0.15, 0.2) is 134 Å².